The molecule has 0 atom stereocenters. The third-order valence-electron chi connectivity index (χ3n) is 3.66. The zero-order valence-corrected chi connectivity index (χ0v) is 13.2. The van der Waals surface area contributed by atoms with Gasteiger partial charge in [-0.25, -0.2) is 14.6 Å². The van der Waals surface area contributed by atoms with E-state index in [0.717, 1.165) is 17.5 Å². The number of hydrogen-bond acceptors (Lipinski definition) is 5. The van der Waals surface area contributed by atoms with Gasteiger partial charge in [-0.05, 0) is 30.2 Å². The van der Waals surface area contributed by atoms with Gasteiger partial charge in [-0.15, -0.1) is 0 Å². The lowest BCUT2D eigenvalue weighted by atomic mass is 10.1. The predicted octanol–water partition coefficient (Wildman–Crippen LogP) is 1.86. The minimum absolute atomic E-state index is 0.0348. The minimum atomic E-state index is -0.337. The predicted molar refractivity (Wildman–Crippen MR) is 87.8 cm³/mol. The minimum Gasteiger partial charge on any atom is -0.507 e. The summed E-state index contributed by atoms with van der Waals surface area (Å²) in [5.41, 5.74) is 2.05. The van der Waals surface area contributed by atoms with Crippen LogP contribution in [-0.4, -0.2) is 30.8 Å². The Bertz CT molecular complexity index is 846. The summed E-state index contributed by atoms with van der Waals surface area (Å²) in [5, 5.41) is 16.8. The van der Waals surface area contributed by atoms with E-state index in [-0.39, 0.29) is 23.8 Å². The first kappa shape index (κ1) is 15.7. The molecular formula is C17H17N5O2. The maximum atomic E-state index is 12.4. The third-order valence-corrected chi connectivity index (χ3v) is 3.66. The van der Waals surface area contributed by atoms with Crippen LogP contribution in [-0.2, 0) is 13.0 Å². The first-order chi connectivity index (χ1) is 11.7. The SMILES string of the molecule is CCc1ccc(O)c(C(=O)NCc2cccnc2-n2cncn2)c1. The molecule has 1 amide bonds. The first-order valence-electron chi connectivity index (χ1n) is 7.58. The Hall–Kier alpha value is -3.22. The Morgan fingerprint density at radius 1 is 1.33 bits per heavy atom. The Kier molecular flexibility index (Phi) is 4.51. The molecule has 24 heavy (non-hydrogen) atoms. The van der Waals surface area contributed by atoms with Crippen molar-refractivity contribution in [3.05, 3.63) is 65.9 Å². The first-order valence-corrected chi connectivity index (χ1v) is 7.58. The molecule has 0 saturated carbocycles. The summed E-state index contributed by atoms with van der Waals surface area (Å²) in [4.78, 5) is 20.6. The molecule has 1 aromatic carbocycles. The molecule has 2 N–H and O–H groups in total. The van der Waals surface area contributed by atoms with Crippen molar-refractivity contribution in [3.8, 4) is 11.6 Å². The van der Waals surface area contributed by atoms with Crippen LogP contribution >= 0.6 is 0 Å². The normalized spacial score (nSPS) is 10.5. The maximum absolute atomic E-state index is 12.4. The number of aromatic nitrogens is 4. The second kappa shape index (κ2) is 6.91. The fourth-order valence-electron chi connectivity index (χ4n) is 2.35. The topological polar surface area (TPSA) is 92.9 Å². The fraction of sp³-hybridized carbons (Fsp3) is 0.176. The number of amides is 1. The van der Waals surface area contributed by atoms with Crippen molar-refractivity contribution in [3.63, 3.8) is 0 Å². The van der Waals surface area contributed by atoms with Crippen molar-refractivity contribution in [1.29, 1.82) is 0 Å². The van der Waals surface area contributed by atoms with Crippen LogP contribution in [0.25, 0.3) is 5.82 Å². The lowest BCUT2D eigenvalue weighted by Crippen LogP contribution is -2.24. The molecule has 3 rings (SSSR count). The molecule has 3 aromatic rings. The Morgan fingerprint density at radius 2 is 2.21 bits per heavy atom. The molecule has 0 fully saturated rings. The maximum Gasteiger partial charge on any atom is 0.255 e. The zero-order valence-electron chi connectivity index (χ0n) is 13.2. The third kappa shape index (κ3) is 3.24. The van der Waals surface area contributed by atoms with Gasteiger partial charge in [-0.3, -0.25) is 4.79 Å². The van der Waals surface area contributed by atoms with Gasteiger partial charge in [-0.2, -0.15) is 5.10 Å². The van der Waals surface area contributed by atoms with Crippen molar-refractivity contribution < 1.29 is 9.90 Å². The largest absolute Gasteiger partial charge is 0.507 e. The summed E-state index contributed by atoms with van der Waals surface area (Å²) in [5.74, 6) is 0.227. The van der Waals surface area contributed by atoms with Crippen LogP contribution in [0.4, 0.5) is 0 Å². The van der Waals surface area contributed by atoms with Crippen molar-refractivity contribution in [1.82, 2.24) is 25.1 Å². The molecule has 0 aliphatic heterocycles. The average Bonchev–Trinajstić information content (AvgIpc) is 3.15. The number of aromatic hydroxyl groups is 1. The van der Waals surface area contributed by atoms with Crippen LogP contribution in [0.2, 0.25) is 0 Å². The number of aryl methyl sites for hydroxylation is 1. The summed E-state index contributed by atoms with van der Waals surface area (Å²) in [6, 6.07) is 8.69. The highest BCUT2D eigenvalue weighted by molar-refractivity contribution is 5.97. The van der Waals surface area contributed by atoms with Crippen LogP contribution in [0.1, 0.15) is 28.4 Å². The van der Waals surface area contributed by atoms with E-state index < -0.39 is 0 Å². The Balaban J connectivity index is 1.78. The van der Waals surface area contributed by atoms with Gasteiger partial charge in [-0.1, -0.05) is 19.1 Å². The Morgan fingerprint density at radius 3 is 2.96 bits per heavy atom. The molecule has 0 radical (unpaired) electrons. The van der Waals surface area contributed by atoms with Gasteiger partial charge < -0.3 is 10.4 Å². The molecule has 0 spiro atoms. The quantitative estimate of drug-likeness (QED) is 0.747. The van der Waals surface area contributed by atoms with Crippen LogP contribution in [0.3, 0.4) is 0 Å². The van der Waals surface area contributed by atoms with Crippen LogP contribution in [0.5, 0.6) is 5.75 Å². The Labute approximate surface area is 139 Å². The second-order valence-corrected chi connectivity index (χ2v) is 5.21. The van der Waals surface area contributed by atoms with E-state index >= 15 is 0 Å². The van der Waals surface area contributed by atoms with Gasteiger partial charge in [0.25, 0.3) is 5.91 Å². The van der Waals surface area contributed by atoms with Crippen LogP contribution in [0.15, 0.2) is 49.2 Å². The zero-order chi connectivity index (χ0) is 16.9. The highest BCUT2D eigenvalue weighted by atomic mass is 16.3. The average molecular weight is 323 g/mol. The van der Waals surface area contributed by atoms with E-state index in [2.05, 4.69) is 20.4 Å². The van der Waals surface area contributed by atoms with E-state index in [1.54, 1.807) is 36.8 Å². The number of nitrogens with zero attached hydrogens (tertiary/aromatic N) is 4. The molecule has 7 nitrogen and oxygen atoms in total. The number of pyridine rings is 1. The van der Waals surface area contributed by atoms with Gasteiger partial charge in [0, 0.05) is 18.3 Å². The van der Waals surface area contributed by atoms with Gasteiger partial charge >= 0.3 is 0 Å². The van der Waals surface area contributed by atoms with Crippen LogP contribution in [0, 0.1) is 0 Å². The number of phenols is 1. The van der Waals surface area contributed by atoms with E-state index in [1.807, 2.05) is 13.0 Å². The van der Waals surface area contributed by atoms with E-state index in [9.17, 15) is 9.90 Å². The number of carbonyl (C=O) groups excluding carboxylic acids is 1. The van der Waals surface area contributed by atoms with E-state index in [1.165, 1.54) is 11.0 Å². The standard InChI is InChI=1S/C17H17N5O2/c1-2-12-5-6-15(23)14(8-12)17(24)20-9-13-4-3-7-19-16(13)22-11-18-10-21-22/h3-8,10-11,23H,2,9H2,1H3,(H,20,24). The lowest BCUT2D eigenvalue weighted by Gasteiger charge is -2.11. The molecule has 2 aromatic heterocycles. The van der Waals surface area contributed by atoms with E-state index in [0.29, 0.717) is 5.82 Å². The highest BCUT2D eigenvalue weighted by Crippen LogP contribution is 2.19. The van der Waals surface area contributed by atoms with Gasteiger partial charge in [0.15, 0.2) is 5.82 Å². The van der Waals surface area contributed by atoms with Gasteiger partial charge in [0.2, 0.25) is 0 Å². The number of carbonyl (C=O) groups is 1. The fourth-order valence-corrected chi connectivity index (χ4v) is 2.35. The molecule has 7 heteroatoms. The summed E-state index contributed by atoms with van der Waals surface area (Å²) in [7, 11) is 0. The molecular weight excluding hydrogens is 306 g/mol. The monoisotopic (exact) mass is 323 g/mol. The molecule has 2 heterocycles. The summed E-state index contributed by atoms with van der Waals surface area (Å²) < 4.78 is 1.54. The van der Waals surface area contributed by atoms with Crippen molar-refractivity contribution in [2.75, 3.05) is 0 Å². The molecule has 0 aliphatic carbocycles. The smallest absolute Gasteiger partial charge is 0.255 e. The number of benzene rings is 1. The lowest BCUT2D eigenvalue weighted by molar-refractivity contribution is 0.0948. The summed E-state index contributed by atoms with van der Waals surface area (Å²) in [6.45, 7) is 2.26. The van der Waals surface area contributed by atoms with Crippen molar-refractivity contribution in [2.24, 2.45) is 0 Å². The molecule has 0 aliphatic rings. The molecule has 0 bridgehead atoms. The summed E-state index contributed by atoms with van der Waals surface area (Å²) >= 11 is 0. The van der Waals surface area contributed by atoms with Crippen LogP contribution < -0.4 is 5.32 Å². The van der Waals surface area contributed by atoms with Crippen molar-refractivity contribution in [2.45, 2.75) is 19.9 Å². The molecule has 0 unspecified atom stereocenters. The van der Waals surface area contributed by atoms with Gasteiger partial charge in [0.05, 0.1) is 5.56 Å². The van der Waals surface area contributed by atoms with Crippen molar-refractivity contribution >= 4 is 5.91 Å². The molecule has 0 saturated heterocycles. The highest BCUT2D eigenvalue weighted by Gasteiger charge is 2.13. The number of phenolic OH excluding ortho intramolecular Hbond substituents is 1. The second-order valence-electron chi connectivity index (χ2n) is 5.21. The van der Waals surface area contributed by atoms with Gasteiger partial charge in [0.1, 0.15) is 18.4 Å². The summed E-state index contributed by atoms with van der Waals surface area (Å²) in [6.07, 6.45) is 5.41. The molecule has 122 valence electrons. The van der Waals surface area contributed by atoms with E-state index in [4.69, 9.17) is 0 Å². The number of nitrogens with one attached hydrogen (secondary N) is 1. The number of rotatable bonds is 5. The number of hydrogen-bond donors (Lipinski definition) is 2.